The van der Waals surface area contributed by atoms with Crippen LogP contribution < -0.4 is 20.1 Å². The number of nitrogens with zero attached hydrogens (tertiary/aromatic N) is 1. The lowest BCUT2D eigenvalue weighted by molar-refractivity contribution is 0.259. The summed E-state index contributed by atoms with van der Waals surface area (Å²) in [5.74, 6) is 1.98. The summed E-state index contributed by atoms with van der Waals surface area (Å²) in [6, 6.07) is 4.81. The zero-order valence-electron chi connectivity index (χ0n) is 10.7. The number of methoxy groups -OCH3 is 2. The number of thioether (sulfide) groups is 1. The third-order valence-electron chi connectivity index (χ3n) is 2.48. The van der Waals surface area contributed by atoms with Gasteiger partial charge in [0.25, 0.3) is 0 Å². The van der Waals surface area contributed by atoms with Crippen molar-refractivity contribution in [3.63, 3.8) is 0 Å². The number of carbonyl (C=O) groups is 1. The number of hydrogen-bond acceptors (Lipinski definition) is 4. The zero-order valence-corrected chi connectivity index (χ0v) is 11.5. The minimum atomic E-state index is -0.459. The number of carbonyl (C=O) groups excluding carboxylic acids is 1. The first-order chi connectivity index (χ1) is 9.24. The fraction of sp³-hybridized carbons (Fsp3) is 0.333. The van der Waals surface area contributed by atoms with E-state index in [9.17, 15) is 4.79 Å². The number of benzene rings is 1. The second-order valence-corrected chi connectivity index (χ2v) is 4.74. The van der Waals surface area contributed by atoms with Gasteiger partial charge in [-0.15, -0.1) is 0 Å². The van der Waals surface area contributed by atoms with Crippen molar-refractivity contribution in [2.75, 3.05) is 31.8 Å². The first-order valence-electron chi connectivity index (χ1n) is 5.72. The first kappa shape index (κ1) is 13.5. The Morgan fingerprint density at radius 1 is 1.37 bits per heavy atom. The smallest absolute Gasteiger partial charge is 0.347 e. The number of hydrogen-bond donors (Lipinski definition) is 2. The predicted octanol–water partition coefficient (Wildman–Crippen LogP) is 1.93. The summed E-state index contributed by atoms with van der Waals surface area (Å²) < 4.78 is 10.4. The second-order valence-electron chi connectivity index (χ2n) is 3.66. The van der Waals surface area contributed by atoms with Crippen molar-refractivity contribution in [3.8, 4) is 11.5 Å². The molecule has 1 aliphatic heterocycles. The summed E-state index contributed by atoms with van der Waals surface area (Å²) in [5.41, 5.74) is 0.477. The Kier molecular flexibility index (Phi) is 4.51. The molecule has 19 heavy (non-hydrogen) atoms. The molecule has 0 spiro atoms. The number of para-hydroxylation sites is 1. The molecule has 0 radical (unpaired) electrons. The lowest BCUT2D eigenvalue weighted by Crippen LogP contribution is -2.17. The Balaban J connectivity index is 2.17. The van der Waals surface area contributed by atoms with Crippen molar-refractivity contribution < 1.29 is 14.3 Å². The quantitative estimate of drug-likeness (QED) is 0.885. The number of aliphatic imine (C=N–C) groups is 1. The number of amidine groups is 1. The van der Waals surface area contributed by atoms with Gasteiger partial charge in [-0.3, -0.25) is 5.32 Å². The molecule has 0 aromatic heterocycles. The van der Waals surface area contributed by atoms with Crippen molar-refractivity contribution in [3.05, 3.63) is 18.2 Å². The number of amides is 2. The predicted molar refractivity (Wildman–Crippen MR) is 76.5 cm³/mol. The summed E-state index contributed by atoms with van der Waals surface area (Å²) >= 11 is 1.52. The highest BCUT2D eigenvalue weighted by Crippen LogP contribution is 2.34. The van der Waals surface area contributed by atoms with Gasteiger partial charge in [-0.05, 0) is 12.1 Å². The van der Waals surface area contributed by atoms with Crippen LogP contribution in [-0.4, -0.2) is 37.7 Å². The lowest BCUT2D eigenvalue weighted by atomic mass is 10.2. The number of rotatable bonds is 3. The minimum absolute atomic E-state index is 0.459. The van der Waals surface area contributed by atoms with Gasteiger partial charge in [-0.1, -0.05) is 17.8 Å². The molecule has 0 saturated carbocycles. The highest BCUT2D eigenvalue weighted by molar-refractivity contribution is 8.14. The Morgan fingerprint density at radius 3 is 2.58 bits per heavy atom. The average molecular weight is 281 g/mol. The molecule has 1 aliphatic rings. The fourth-order valence-corrected chi connectivity index (χ4v) is 2.38. The average Bonchev–Trinajstić information content (AvgIpc) is 2.91. The summed E-state index contributed by atoms with van der Waals surface area (Å²) in [7, 11) is 3.06. The molecular weight excluding hydrogens is 266 g/mol. The highest BCUT2D eigenvalue weighted by atomic mass is 32.2. The van der Waals surface area contributed by atoms with Crippen LogP contribution in [0.1, 0.15) is 0 Å². The summed E-state index contributed by atoms with van der Waals surface area (Å²) in [5, 5.41) is 6.33. The number of urea groups is 1. The van der Waals surface area contributed by atoms with Crippen molar-refractivity contribution in [2.24, 2.45) is 4.99 Å². The van der Waals surface area contributed by atoms with E-state index < -0.39 is 6.03 Å². The fourth-order valence-electron chi connectivity index (χ4n) is 1.63. The van der Waals surface area contributed by atoms with E-state index in [2.05, 4.69) is 15.6 Å². The summed E-state index contributed by atoms with van der Waals surface area (Å²) in [4.78, 5) is 15.8. The molecule has 2 rings (SSSR count). The minimum Gasteiger partial charge on any atom is -0.494 e. The lowest BCUT2D eigenvalue weighted by Gasteiger charge is -2.12. The molecule has 1 saturated heterocycles. The maximum absolute atomic E-state index is 11.8. The van der Waals surface area contributed by atoms with Crippen LogP contribution in [0.15, 0.2) is 23.2 Å². The molecule has 0 atom stereocenters. The SMILES string of the molecule is COc1cccc(OC)c1NC(=O)N=C1NCCS1. The monoisotopic (exact) mass is 281 g/mol. The first-order valence-corrected chi connectivity index (χ1v) is 6.70. The van der Waals surface area contributed by atoms with Crippen LogP contribution in [0.2, 0.25) is 0 Å². The van der Waals surface area contributed by atoms with Gasteiger partial charge in [0, 0.05) is 12.3 Å². The largest absolute Gasteiger partial charge is 0.494 e. The molecule has 1 aromatic carbocycles. The molecule has 0 aliphatic carbocycles. The van der Waals surface area contributed by atoms with E-state index in [0.29, 0.717) is 22.4 Å². The summed E-state index contributed by atoms with van der Waals surface area (Å²) in [6.45, 7) is 0.828. The van der Waals surface area contributed by atoms with Gasteiger partial charge in [-0.2, -0.15) is 4.99 Å². The molecule has 1 heterocycles. The van der Waals surface area contributed by atoms with Gasteiger partial charge < -0.3 is 14.8 Å². The van der Waals surface area contributed by atoms with E-state index in [0.717, 1.165) is 12.3 Å². The Morgan fingerprint density at radius 2 is 2.05 bits per heavy atom. The topological polar surface area (TPSA) is 72.0 Å². The summed E-state index contributed by atoms with van der Waals surface area (Å²) in [6.07, 6.45) is 0. The third-order valence-corrected chi connectivity index (χ3v) is 3.40. The van der Waals surface area contributed by atoms with Gasteiger partial charge in [0.15, 0.2) is 5.17 Å². The van der Waals surface area contributed by atoms with E-state index in [1.807, 2.05) is 0 Å². The number of anilines is 1. The van der Waals surface area contributed by atoms with E-state index in [1.165, 1.54) is 26.0 Å². The molecule has 0 bridgehead atoms. The van der Waals surface area contributed by atoms with Crippen LogP contribution in [0.4, 0.5) is 10.5 Å². The Bertz CT molecular complexity index is 475. The Labute approximate surface area is 115 Å². The third kappa shape index (κ3) is 3.31. The van der Waals surface area contributed by atoms with E-state index >= 15 is 0 Å². The van der Waals surface area contributed by atoms with E-state index in [1.54, 1.807) is 18.2 Å². The van der Waals surface area contributed by atoms with Crippen LogP contribution in [0.5, 0.6) is 11.5 Å². The maximum atomic E-state index is 11.8. The molecule has 1 aromatic rings. The molecule has 6 nitrogen and oxygen atoms in total. The number of nitrogens with one attached hydrogen (secondary N) is 2. The molecule has 1 fully saturated rings. The maximum Gasteiger partial charge on any atom is 0.347 e. The number of ether oxygens (including phenoxy) is 2. The second kappa shape index (κ2) is 6.33. The van der Waals surface area contributed by atoms with Crippen molar-refractivity contribution in [2.45, 2.75) is 0 Å². The van der Waals surface area contributed by atoms with Crippen molar-refractivity contribution >= 4 is 28.6 Å². The van der Waals surface area contributed by atoms with Gasteiger partial charge in [0.1, 0.15) is 17.2 Å². The molecule has 2 amide bonds. The standard InChI is InChI=1S/C12H15N3O3S/c1-17-8-4-3-5-9(18-2)10(8)14-11(16)15-12-13-6-7-19-12/h3-5H,6-7H2,1-2H3,(H2,13,14,15,16). The zero-order chi connectivity index (χ0) is 13.7. The Hall–Kier alpha value is -1.89. The van der Waals surface area contributed by atoms with Crippen molar-refractivity contribution in [1.82, 2.24) is 5.32 Å². The molecule has 2 N–H and O–H groups in total. The highest BCUT2D eigenvalue weighted by Gasteiger charge is 2.14. The van der Waals surface area contributed by atoms with Gasteiger partial charge >= 0.3 is 6.03 Å². The van der Waals surface area contributed by atoms with Gasteiger partial charge in [0.2, 0.25) is 0 Å². The molecule has 102 valence electrons. The van der Waals surface area contributed by atoms with Gasteiger partial charge in [0.05, 0.1) is 14.2 Å². The van der Waals surface area contributed by atoms with Crippen molar-refractivity contribution in [1.29, 1.82) is 0 Å². The van der Waals surface area contributed by atoms with Crippen LogP contribution in [0.25, 0.3) is 0 Å². The normalized spacial score (nSPS) is 16.0. The van der Waals surface area contributed by atoms with Crippen LogP contribution in [-0.2, 0) is 0 Å². The van der Waals surface area contributed by atoms with E-state index in [4.69, 9.17) is 9.47 Å². The van der Waals surface area contributed by atoms with Crippen LogP contribution >= 0.6 is 11.8 Å². The van der Waals surface area contributed by atoms with E-state index in [-0.39, 0.29) is 0 Å². The molecular formula is C12H15N3O3S. The van der Waals surface area contributed by atoms with Crippen LogP contribution in [0.3, 0.4) is 0 Å². The molecule has 0 unspecified atom stereocenters. The van der Waals surface area contributed by atoms with Crippen LogP contribution in [0, 0.1) is 0 Å². The van der Waals surface area contributed by atoms with Gasteiger partial charge in [-0.25, -0.2) is 4.79 Å². The molecule has 7 heteroatoms.